The van der Waals surface area contributed by atoms with Gasteiger partial charge in [0, 0.05) is 6.20 Å². The van der Waals surface area contributed by atoms with E-state index in [-0.39, 0.29) is 16.6 Å². The Kier molecular flexibility index (Phi) is 5.05. The molecule has 6 nitrogen and oxygen atoms in total. The van der Waals surface area contributed by atoms with Crippen LogP contribution in [-0.4, -0.2) is 23.0 Å². The molecule has 1 atom stereocenters. The highest BCUT2D eigenvalue weighted by Gasteiger charge is 2.22. The summed E-state index contributed by atoms with van der Waals surface area (Å²) in [5, 5.41) is 2.98. The van der Waals surface area contributed by atoms with Crippen LogP contribution in [0.5, 0.6) is 0 Å². The molecule has 1 N–H and O–H groups in total. The van der Waals surface area contributed by atoms with Crippen molar-refractivity contribution in [1.29, 1.82) is 0 Å². The molecule has 0 saturated carbocycles. The van der Waals surface area contributed by atoms with Gasteiger partial charge in [0.25, 0.3) is 5.91 Å². The number of anilines is 1. The summed E-state index contributed by atoms with van der Waals surface area (Å²) >= 11 is 11.6. The quantitative estimate of drug-likeness (QED) is 0.860. The first kappa shape index (κ1) is 16.3. The zero-order chi connectivity index (χ0) is 16.3. The van der Waals surface area contributed by atoms with Crippen molar-refractivity contribution in [2.24, 2.45) is 0 Å². The van der Waals surface area contributed by atoms with E-state index in [2.05, 4.69) is 10.3 Å². The summed E-state index contributed by atoms with van der Waals surface area (Å²) in [7, 11) is 0. The molecule has 2 rings (SSSR count). The maximum Gasteiger partial charge on any atom is 0.375 e. The summed E-state index contributed by atoms with van der Waals surface area (Å²) < 4.78 is 10.1. The smallest absolute Gasteiger partial charge is 0.375 e. The topological polar surface area (TPSA) is 81.4 Å². The molecule has 0 aliphatic carbocycles. The number of aryl methyl sites for hydroxylation is 1. The van der Waals surface area contributed by atoms with Gasteiger partial charge in [-0.25, -0.2) is 9.78 Å². The third kappa shape index (κ3) is 3.99. The molecule has 2 aromatic heterocycles. The van der Waals surface area contributed by atoms with Gasteiger partial charge in [0.1, 0.15) is 5.76 Å². The molecule has 8 heteroatoms. The Morgan fingerprint density at radius 2 is 2.09 bits per heavy atom. The Bertz CT molecular complexity index is 715. The van der Waals surface area contributed by atoms with Gasteiger partial charge in [0.15, 0.2) is 11.9 Å². The summed E-state index contributed by atoms with van der Waals surface area (Å²) in [6.07, 6.45) is 0.289. The van der Waals surface area contributed by atoms with Gasteiger partial charge in [-0.05, 0) is 32.0 Å². The number of hydrogen-bond acceptors (Lipinski definition) is 5. The lowest BCUT2D eigenvalue weighted by atomic mass is 10.3. The number of hydrogen-bond donors (Lipinski definition) is 1. The van der Waals surface area contributed by atoms with Crippen LogP contribution in [-0.2, 0) is 9.53 Å². The second kappa shape index (κ2) is 6.81. The Morgan fingerprint density at radius 3 is 2.68 bits per heavy atom. The van der Waals surface area contributed by atoms with Gasteiger partial charge >= 0.3 is 5.97 Å². The first-order chi connectivity index (χ1) is 10.4. The fourth-order valence-corrected chi connectivity index (χ4v) is 1.97. The summed E-state index contributed by atoms with van der Waals surface area (Å²) in [6.45, 7) is 3.12. The third-order valence-electron chi connectivity index (χ3n) is 2.64. The molecular weight excluding hydrogens is 331 g/mol. The summed E-state index contributed by atoms with van der Waals surface area (Å²) in [6, 6.07) is 4.53. The molecule has 1 amide bonds. The number of nitrogens with zero attached hydrogens (tertiary/aromatic N) is 1. The van der Waals surface area contributed by atoms with Crippen LogP contribution in [0.1, 0.15) is 23.2 Å². The molecule has 0 spiro atoms. The van der Waals surface area contributed by atoms with Gasteiger partial charge in [-0.2, -0.15) is 0 Å². The average molecular weight is 343 g/mol. The van der Waals surface area contributed by atoms with Crippen LogP contribution in [0.15, 0.2) is 28.8 Å². The second-order valence-corrected chi connectivity index (χ2v) is 5.27. The minimum atomic E-state index is -1.05. The molecule has 0 bridgehead atoms. The number of halogens is 2. The predicted octanol–water partition coefficient (Wildman–Crippen LogP) is 3.47. The minimum absolute atomic E-state index is 0.0276. The number of aromatic nitrogens is 1. The van der Waals surface area contributed by atoms with Crippen molar-refractivity contribution in [2.45, 2.75) is 20.0 Å². The van der Waals surface area contributed by atoms with Crippen LogP contribution in [0.2, 0.25) is 10.0 Å². The van der Waals surface area contributed by atoms with Gasteiger partial charge in [-0.15, -0.1) is 0 Å². The Hall–Kier alpha value is -2.05. The number of furan rings is 1. The number of esters is 1. The lowest BCUT2D eigenvalue weighted by Gasteiger charge is -2.13. The van der Waals surface area contributed by atoms with E-state index in [0.717, 1.165) is 0 Å². The molecule has 0 fully saturated rings. The molecular formula is C14H12Cl2N2O4. The van der Waals surface area contributed by atoms with E-state index >= 15 is 0 Å². The number of rotatable bonds is 4. The Morgan fingerprint density at radius 1 is 1.36 bits per heavy atom. The van der Waals surface area contributed by atoms with Crippen LogP contribution >= 0.6 is 23.2 Å². The van der Waals surface area contributed by atoms with E-state index in [1.54, 1.807) is 13.0 Å². The zero-order valence-electron chi connectivity index (χ0n) is 11.7. The fourth-order valence-electron chi connectivity index (χ4n) is 1.54. The number of carbonyl (C=O) groups is 2. The molecule has 116 valence electrons. The number of nitrogens with one attached hydrogen (secondary N) is 1. The van der Waals surface area contributed by atoms with Crippen molar-refractivity contribution in [3.8, 4) is 0 Å². The maximum absolute atomic E-state index is 12.0. The Balaban J connectivity index is 1.98. The van der Waals surface area contributed by atoms with E-state index in [9.17, 15) is 9.59 Å². The van der Waals surface area contributed by atoms with Crippen molar-refractivity contribution in [1.82, 2.24) is 4.98 Å². The number of amides is 1. The maximum atomic E-state index is 12.0. The first-order valence-corrected chi connectivity index (χ1v) is 7.01. The molecule has 0 radical (unpaired) electrons. The molecule has 22 heavy (non-hydrogen) atoms. The molecule has 2 heterocycles. The van der Waals surface area contributed by atoms with Gasteiger partial charge in [0.2, 0.25) is 5.76 Å². The highest BCUT2D eigenvalue weighted by Crippen LogP contribution is 2.22. The molecule has 0 saturated heterocycles. The monoisotopic (exact) mass is 342 g/mol. The van der Waals surface area contributed by atoms with E-state index in [4.69, 9.17) is 32.4 Å². The largest absolute Gasteiger partial charge is 0.454 e. The highest BCUT2D eigenvalue weighted by atomic mass is 35.5. The van der Waals surface area contributed by atoms with E-state index in [1.807, 2.05) is 0 Å². The third-order valence-corrected chi connectivity index (χ3v) is 3.14. The highest BCUT2D eigenvalue weighted by molar-refractivity contribution is 6.36. The number of carbonyl (C=O) groups excluding carboxylic acids is 2. The molecule has 0 unspecified atom stereocenters. The molecule has 2 aromatic rings. The van der Waals surface area contributed by atoms with Crippen LogP contribution in [0, 0.1) is 6.92 Å². The first-order valence-electron chi connectivity index (χ1n) is 6.26. The van der Waals surface area contributed by atoms with Gasteiger partial charge in [-0.3, -0.25) is 4.79 Å². The van der Waals surface area contributed by atoms with Crippen LogP contribution in [0.25, 0.3) is 0 Å². The van der Waals surface area contributed by atoms with Crippen molar-refractivity contribution in [2.75, 3.05) is 5.32 Å². The lowest BCUT2D eigenvalue weighted by Crippen LogP contribution is -2.30. The van der Waals surface area contributed by atoms with Gasteiger partial charge < -0.3 is 14.5 Å². The summed E-state index contributed by atoms with van der Waals surface area (Å²) in [5.74, 6) is -0.576. The second-order valence-electron chi connectivity index (χ2n) is 4.43. The van der Waals surface area contributed by atoms with Crippen molar-refractivity contribution in [3.05, 3.63) is 46.0 Å². The normalized spacial score (nSPS) is 11.8. The van der Waals surface area contributed by atoms with Crippen LogP contribution in [0.3, 0.4) is 0 Å². The average Bonchev–Trinajstić information content (AvgIpc) is 2.88. The number of ether oxygens (including phenoxy) is 1. The van der Waals surface area contributed by atoms with E-state index in [0.29, 0.717) is 10.8 Å². The van der Waals surface area contributed by atoms with Crippen LogP contribution < -0.4 is 5.32 Å². The van der Waals surface area contributed by atoms with E-state index < -0.39 is 18.0 Å². The SMILES string of the molecule is Cc1ccc(C(=O)O[C@@H](C)C(=O)Nc2ncc(Cl)cc2Cl)o1. The van der Waals surface area contributed by atoms with Gasteiger partial charge in [0.05, 0.1) is 10.0 Å². The minimum Gasteiger partial charge on any atom is -0.454 e. The van der Waals surface area contributed by atoms with Gasteiger partial charge in [-0.1, -0.05) is 23.2 Å². The van der Waals surface area contributed by atoms with Crippen LogP contribution in [0.4, 0.5) is 5.82 Å². The van der Waals surface area contributed by atoms with Crippen molar-refractivity contribution < 1.29 is 18.7 Å². The Labute approximate surface area is 136 Å². The molecule has 0 aliphatic rings. The standard InChI is InChI=1S/C14H12Cl2N2O4/c1-7-3-4-11(21-7)14(20)22-8(2)13(19)18-12-10(16)5-9(15)6-17-12/h3-6,8H,1-2H3,(H,17,18,19)/t8-/m0/s1. The summed E-state index contributed by atoms with van der Waals surface area (Å²) in [4.78, 5) is 27.6. The number of pyridine rings is 1. The summed E-state index contributed by atoms with van der Waals surface area (Å²) in [5.41, 5.74) is 0. The van der Waals surface area contributed by atoms with Crippen molar-refractivity contribution in [3.63, 3.8) is 0 Å². The van der Waals surface area contributed by atoms with Crippen molar-refractivity contribution >= 4 is 40.9 Å². The predicted molar refractivity (Wildman–Crippen MR) is 81.2 cm³/mol. The molecule has 0 aromatic carbocycles. The fraction of sp³-hybridized carbons (Fsp3) is 0.214. The zero-order valence-corrected chi connectivity index (χ0v) is 13.2. The van der Waals surface area contributed by atoms with E-state index in [1.165, 1.54) is 25.3 Å². The lowest BCUT2D eigenvalue weighted by molar-refractivity contribution is -0.123. The molecule has 0 aliphatic heterocycles.